The number of alkyl halides is 3. The largest absolute Gasteiger partial charge is 0.486 e. The molecule has 3 aliphatic rings. The standard InChI is InChI=1S/C25H29F3N8O2/c1-34-13-18(25(26,27)28)32-24(34)35-7-5-15(6-8-35)12-36-9-10-38-17-11-29-21(33-22(17)36)19-20(16-3-4-16)30-14-31-23(19)37-2/h11,13-16H,3-10,12H2,1-2H3. The monoisotopic (exact) mass is 530 g/mol. The first kappa shape index (κ1) is 24.7. The van der Waals surface area contributed by atoms with Crippen molar-refractivity contribution in [1.82, 2.24) is 29.5 Å². The molecule has 5 heterocycles. The molecule has 0 atom stereocenters. The van der Waals surface area contributed by atoms with Crippen LogP contribution < -0.4 is 19.3 Å². The fourth-order valence-electron chi connectivity index (χ4n) is 5.29. The predicted octanol–water partition coefficient (Wildman–Crippen LogP) is 3.69. The first-order chi connectivity index (χ1) is 18.3. The van der Waals surface area contributed by atoms with Crippen LogP contribution in [0.3, 0.4) is 0 Å². The lowest BCUT2D eigenvalue weighted by Gasteiger charge is -2.37. The van der Waals surface area contributed by atoms with Crippen LogP contribution in [0.4, 0.5) is 24.9 Å². The van der Waals surface area contributed by atoms with Gasteiger partial charge in [0.05, 0.1) is 25.5 Å². The summed E-state index contributed by atoms with van der Waals surface area (Å²) in [7, 11) is 3.19. The van der Waals surface area contributed by atoms with Crippen LogP contribution in [-0.4, -0.2) is 69.4 Å². The van der Waals surface area contributed by atoms with Crippen molar-refractivity contribution in [2.75, 3.05) is 49.7 Å². The second kappa shape index (κ2) is 9.59. The maximum absolute atomic E-state index is 13.1. The van der Waals surface area contributed by atoms with Crippen molar-refractivity contribution in [1.29, 1.82) is 0 Å². The lowest BCUT2D eigenvalue weighted by Crippen LogP contribution is -2.42. The number of halogens is 3. The minimum Gasteiger partial charge on any atom is -0.486 e. The molecule has 2 fully saturated rings. The maximum Gasteiger partial charge on any atom is 0.434 e. The van der Waals surface area contributed by atoms with Crippen LogP contribution in [0.1, 0.15) is 43.0 Å². The lowest BCUT2D eigenvalue weighted by molar-refractivity contribution is -0.140. The molecule has 0 N–H and O–H groups in total. The zero-order valence-electron chi connectivity index (χ0n) is 21.3. The van der Waals surface area contributed by atoms with Crippen LogP contribution in [-0.2, 0) is 13.2 Å². The van der Waals surface area contributed by atoms with E-state index in [1.807, 2.05) is 4.90 Å². The lowest BCUT2D eigenvalue weighted by atomic mass is 9.96. The van der Waals surface area contributed by atoms with Crippen molar-refractivity contribution < 1.29 is 22.6 Å². The Labute approximate surface area is 217 Å². The van der Waals surface area contributed by atoms with Crippen LogP contribution in [0.2, 0.25) is 0 Å². The quantitative estimate of drug-likeness (QED) is 0.473. The third-order valence-electron chi connectivity index (χ3n) is 7.40. The summed E-state index contributed by atoms with van der Waals surface area (Å²) < 4.78 is 52.2. The van der Waals surface area contributed by atoms with Gasteiger partial charge in [-0.05, 0) is 31.6 Å². The van der Waals surface area contributed by atoms with E-state index in [4.69, 9.17) is 14.5 Å². The molecule has 0 amide bonds. The Morgan fingerprint density at radius 1 is 1.05 bits per heavy atom. The first-order valence-corrected chi connectivity index (χ1v) is 12.8. The van der Waals surface area contributed by atoms with E-state index in [1.54, 1.807) is 20.4 Å². The zero-order valence-corrected chi connectivity index (χ0v) is 21.3. The SMILES string of the molecule is COc1ncnc(C2CC2)c1-c1ncc2c(n1)N(CC1CCN(c3nc(C(F)(F)F)cn3C)CC1)CCO2. The number of ether oxygens (including phenoxy) is 2. The first-order valence-electron chi connectivity index (χ1n) is 12.8. The normalized spacial score (nSPS) is 18.3. The van der Waals surface area contributed by atoms with Gasteiger partial charge in [-0.3, -0.25) is 0 Å². The molecule has 38 heavy (non-hydrogen) atoms. The zero-order chi connectivity index (χ0) is 26.4. The predicted molar refractivity (Wildman–Crippen MR) is 132 cm³/mol. The molecule has 0 bridgehead atoms. The summed E-state index contributed by atoms with van der Waals surface area (Å²) in [5.41, 5.74) is 0.783. The number of hydrogen-bond donors (Lipinski definition) is 0. The van der Waals surface area contributed by atoms with Gasteiger partial charge in [0.1, 0.15) is 18.5 Å². The molecule has 1 saturated carbocycles. The van der Waals surface area contributed by atoms with Crippen molar-refractivity contribution >= 4 is 11.8 Å². The number of aromatic nitrogens is 6. The molecule has 0 aromatic carbocycles. The molecule has 202 valence electrons. The summed E-state index contributed by atoms with van der Waals surface area (Å²) in [5, 5.41) is 0. The Kier molecular flexibility index (Phi) is 6.23. The second-order valence-electron chi connectivity index (χ2n) is 10.1. The summed E-state index contributed by atoms with van der Waals surface area (Å²) in [6.45, 7) is 3.28. The van der Waals surface area contributed by atoms with E-state index in [1.165, 1.54) is 10.9 Å². The number of nitrogens with zero attached hydrogens (tertiary/aromatic N) is 8. The molecular formula is C25H29F3N8O2. The van der Waals surface area contributed by atoms with Crippen molar-refractivity contribution in [3.8, 4) is 23.0 Å². The number of anilines is 2. The number of aryl methyl sites for hydroxylation is 1. The van der Waals surface area contributed by atoms with Gasteiger partial charge in [-0.25, -0.2) is 24.9 Å². The summed E-state index contributed by atoms with van der Waals surface area (Å²) in [6.07, 6.45) is 3.64. The fourth-order valence-corrected chi connectivity index (χ4v) is 5.29. The minimum atomic E-state index is -4.45. The van der Waals surface area contributed by atoms with Crippen LogP contribution in [0.5, 0.6) is 11.6 Å². The topological polar surface area (TPSA) is 94.3 Å². The Morgan fingerprint density at radius 3 is 2.53 bits per heavy atom. The number of fused-ring (bicyclic) bond motifs is 1. The Bertz CT molecular complexity index is 1320. The maximum atomic E-state index is 13.1. The summed E-state index contributed by atoms with van der Waals surface area (Å²) in [5.74, 6) is 3.42. The van der Waals surface area contributed by atoms with E-state index in [0.29, 0.717) is 61.5 Å². The number of piperidine rings is 1. The van der Waals surface area contributed by atoms with E-state index >= 15 is 0 Å². The van der Waals surface area contributed by atoms with Gasteiger partial charge in [0.25, 0.3) is 0 Å². The highest BCUT2D eigenvalue weighted by atomic mass is 19.4. The Hall–Kier alpha value is -3.64. The number of hydrogen-bond acceptors (Lipinski definition) is 9. The van der Waals surface area contributed by atoms with Gasteiger partial charge < -0.3 is 23.8 Å². The molecule has 1 saturated heterocycles. The third-order valence-corrected chi connectivity index (χ3v) is 7.40. The van der Waals surface area contributed by atoms with Crippen LogP contribution in [0.25, 0.3) is 11.4 Å². The Morgan fingerprint density at radius 2 is 1.84 bits per heavy atom. The van der Waals surface area contributed by atoms with Crippen molar-refractivity contribution in [2.24, 2.45) is 13.0 Å². The van der Waals surface area contributed by atoms with E-state index < -0.39 is 11.9 Å². The molecular weight excluding hydrogens is 501 g/mol. The highest BCUT2D eigenvalue weighted by Crippen LogP contribution is 2.45. The molecule has 3 aromatic rings. The number of rotatable bonds is 6. The number of methoxy groups -OCH3 is 1. The Balaban J connectivity index is 1.19. The average Bonchev–Trinajstić information content (AvgIpc) is 3.69. The average molecular weight is 531 g/mol. The smallest absolute Gasteiger partial charge is 0.434 e. The van der Waals surface area contributed by atoms with Gasteiger partial charge in [-0.1, -0.05) is 0 Å². The fraction of sp³-hybridized carbons (Fsp3) is 0.560. The van der Waals surface area contributed by atoms with Gasteiger partial charge in [0, 0.05) is 38.8 Å². The van der Waals surface area contributed by atoms with Gasteiger partial charge in [0.2, 0.25) is 11.8 Å². The summed E-state index contributed by atoms with van der Waals surface area (Å²) in [4.78, 5) is 26.3. The van der Waals surface area contributed by atoms with Crippen LogP contribution in [0, 0.1) is 5.92 Å². The van der Waals surface area contributed by atoms with Crippen molar-refractivity contribution in [2.45, 2.75) is 37.8 Å². The molecule has 1 aliphatic carbocycles. The molecule has 3 aromatic heterocycles. The van der Waals surface area contributed by atoms with E-state index in [9.17, 15) is 13.2 Å². The molecule has 6 rings (SSSR count). The van der Waals surface area contributed by atoms with Crippen LogP contribution in [0.15, 0.2) is 18.7 Å². The molecule has 0 radical (unpaired) electrons. The van der Waals surface area contributed by atoms with E-state index in [0.717, 1.165) is 55.5 Å². The van der Waals surface area contributed by atoms with E-state index in [2.05, 4.69) is 24.8 Å². The van der Waals surface area contributed by atoms with Crippen molar-refractivity contribution in [3.63, 3.8) is 0 Å². The molecule has 0 spiro atoms. The van der Waals surface area contributed by atoms with Crippen molar-refractivity contribution in [3.05, 3.63) is 30.1 Å². The van der Waals surface area contributed by atoms with Gasteiger partial charge in [0.15, 0.2) is 23.1 Å². The molecule has 0 unspecified atom stereocenters. The van der Waals surface area contributed by atoms with Gasteiger partial charge >= 0.3 is 6.18 Å². The summed E-state index contributed by atoms with van der Waals surface area (Å²) >= 11 is 0. The molecule has 10 nitrogen and oxygen atoms in total. The van der Waals surface area contributed by atoms with Gasteiger partial charge in [-0.15, -0.1) is 0 Å². The van der Waals surface area contributed by atoms with Crippen LogP contribution >= 0.6 is 0 Å². The second-order valence-corrected chi connectivity index (χ2v) is 10.1. The minimum absolute atomic E-state index is 0.356. The highest BCUT2D eigenvalue weighted by molar-refractivity contribution is 5.68. The summed E-state index contributed by atoms with van der Waals surface area (Å²) in [6, 6.07) is 0. The van der Waals surface area contributed by atoms with Gasteiger partial charge in [-0.2, -0.15) is 13.2 Å². The molecule has 13 heteroatoms. The third kappa shape index (κ3) is 4.69. The molecule has 2 aliphatic heterocycles. The highest BCUT2D eigenvalue weighted by Gasteiger charge is 2.36. The van der Waals surface area contributed by atoms with E-state index in [-0.39, 0.29) is 0 Å². The number of imidazole rings is 1.